The van der Waals surface area contributed by atoms with Crippen molar-refractivity contribution in [1.29, 1.82) is 0 Å². The van der Waals surface area contributed by atoms with Crippen LogP contribution in [0.3, 0.4) is 0 Å². The highest BCUT2D eigenvalue weighted by Gasteiger charge is 2.28. The van der Waals surface area contributed by atoms with Crippen LogP contribution in [0.1, 0.15) is 36.2 Å². The lowest BCUT2D eigenvalue weighted by Crippen LogP contribution is -2.51. The van der Waals surface area contributed by atoms with Crippen molar-refractivity contribution in [2.75, 3.05) is 13.2 Å². The van der Waals surface area contributed by atoms with Crippen LogP contribution < -0.4 is 0 Å². The Balaban J connectivity index is 1.90. The largest absolute Gasteiger partial charge is 0.478 e. The average molecular weight is 291 g/mol. The summed E-state index contributed by atoms with van der Waals surface area (Å²) >= 11 is 0. The fourth-order valence-electron chi connectivity index (χ4n) is 2.49. The van der Waals surface area contributed by atoms with Gasteiger partial charge < -0.3 is 14.7 Å². The van der Waals surface area contributed by atoms with Crippen molar-refractivity contribution in [3.8, 4) is 0 Å². The van der Waals surface area contributed by atoms with Gasteiger partial charge in [0.1, 0.15) is 0 Å². The molecule has 5 heteroatoms. The molecular formula is C16H21NO4. The van der Waals surface area contributed by atoms with Crippen molar-refractivity contribution in [2.45, 2.75) is 38.8 Å². The molecule has 0 radical (unpaired) electrons. The molecule has 2 atom stereocenters. The Kier molecular flexibility index (Phi) is 4.96. The quantitative estimate of drug-likeness (QED) is 0.920. The minimum absolute atomic E-state index is 0.0672. The van der Waals surface area contributed by atoms with E-state index in [-0.39, 0.29) is 23.6 Å². The highest BCUT2D eigenvalue weighted by Crippen LogP contribution is 2.16. The van der Waals surface area contributed by atoms with E-state index in [9.17, 15) is 9.59 Å². The van der Waals surface area contributed by atoms with E-state index in [1.165, 1.54) is 0 Å². The molecule has 114 valence electrons. The van der Waals surface area contributed by atoms with Gasteiger partial charge in [-0.3, -0.25) is 4.79 Å². The number of benzene rings is 1. The van der Waals surface area contributed by atoms with Crippen LogP contribution in [0.15, 0.2) is 24.3 Å². The number of aromatic carboxylic acids is 1. The molecule has 1 aliphatic rings. The molecule has 1 N–H and O–H groups in total. The number of nitrogens with zero attached hydrogens (tertiary/aromatic N) is 1. The Morgan fingerprint density at radius 1 is 1.29 bits per heavy atom. The number of hydrogen-bond donors (Lipinski definition) is 1. The van der Waals surface area contributed by atoms with Crippen molar-refractivity contribution in [2.24, 2.45) is 0 Å². The summed E-state index contributed by atoms with van der Waals surface area (Å²) < 4.78 is 5.52. The van der Waals surface area contributed by atoms with Crippen molar-refractivity contribution in [3.63, 3.8) is 0 Å². The molecule has 1 amide bonds. The molecule has 0 aromatic heterocycles. The number of carboxylic acids is 1. The molecule has 1 heterocycles. The third-order valence-electron chi connectivity index (χ3n) is 4.03. The molecule has 1 aliphatic heterocycles. The van der Waals surface area contributed by atoms with Gasteiger partial charge in [-0.1, -0.05) is 12.1 Å². The number of ether oxygens (including phenoxy) is 1. The summed E-state index contributed by atoms with van der Waals surface area (Å²) in [5.41, 5.74) is 1.24. The normalized spacial score (nSPS) is 22.1. The van der Waals surface area contributed by atoms with Gasteiger partial charge >= 0.3 is 5.97 Å². The second kappa shape index (κ2) is 6.72. The fourth-order valence-corrected chi connectivity index (χ4v) is 2.49. The van der Waals surface area contributed by atoms with Crippen LogP contribution in [0.25, 0.3) is 0 Å². The fraction of sp³-hybridized carbons (Fsp3) is 0.500. The minimum atomic E-state index is -0.936. The Hall–Kier alpha value is -1.88. The number of aryl methyl sites for hydroxylation is 1. The highest BCUT2D eigenvalue weighted by atomic mass is 16.5. The predicted octanol–water partition coefficient (Wildman–Crippen LogP) is 1.95. The molecule has 1 aromatic carbocycles. The van der Waals surface area contributed by atoms with Gasteiger partial charge in [-0.05, 0) is 38.0 Å². The zero-order valence-electron chi connectivity index (χ0n) is 12.4. The van der Waals surface area contributed by atoms with Gasteiger partial charge in [-0.15, -0.1) is 0 Å². The first-order valence-electron chi connectivity index (χ1n) is 7.22. The Bertz CT molecular complexity index is 512. The maximum absolute atomic E-state index is 12.3. The zero-order valence-corrected chi connectivity index (χ0v) is 12.4. The first-order valence-corrected chi connectivity index (χ1v) is 7.22. The van der Waals surface area contributed by atoms with Crippen LogP contribution in [0.4, 0.5) is 0 Å². The summed E-state index contributed by atoms with van der Waals surface area (Å²) in [4.78, 5) is 24.9. The lowest BCUT2D eigenvalue weighted by molar-refractivity contribution is -0.143. The van der Waals surface area contributed by atoms with E-state index in [0.717, 1.165) is 5.56 Å². The number of amides is 1. The summed E-state index contributed by atoms with van der Waals surface area (Å²) in [6.45, 7) is 5.21. The smallest absolute Gasteiger partial charge is 0.335 e. The van der Waals surface area contributed by atoms with Gasteiger partial charge in [0.05, 0.1) is 24.3 Å². The summed E-state index contributed by atoms with van der Waals surface area (Å²) in [6.07, 6.45) is 1.12. The van der Waals surface area contributed by atoms with Gasteiger partial charge in [0, 0.05) is 13.0 Å². The minimum Gasteiger partial charge on any atom is -0.478 e. The molecule has 0 aliphatic carbocycles. The maximum Gasteiger partial charge on any atom is 0.335 e. The van der Waals surface area contributed by atoms with Crippen LogP contribution >= 0.6 is 0 Å². The molecular weight excluding hydrogens is 270 g/mol. The van der Waals surface area contributed by atoms with Crippen LogP contribution in [0.2, 0.25) is 0 Å². The first-order chi connectivity index (χ1) is 9.99. The van der Waals surface area contributed by atoms with Crippen LogP contribution in [0, 0.1) is 0 Å². The molecule has 1 fully saturated rings. The summed E-state index contributed by atoms with van der Waals surface area (Å²) in [5.74, 6) is -0.811. The van der Waals surface area contributed by atoms with E-state index in [4.69, 9.17) is 9.84 Å². The maximum atomic E-state index is 12.3. The van der Waals surface area contributed by atoms with E-state index < -0.39 is 5.97 Å². The second-order valence-electron chi connectivity index (χ2n) is 5.41. The van der Waals surface area contributed by atoms with E-state index in [0.29, 0.717) is 26.0 Å². The topological polar surface area (TPSA) is 66.8 Å². The molecule has 1 aromatic rings. The number of hydrogen-bond acceptors (Lipinski definition) is 3. The number of carbonyl (C=O) groups excluding carboxylic acids is 1. The predicted molar refractivity (Wildman–Crippen MR) is 78.3 cm³/mol. The van der Waals surface area contributed by atoms with E-state index in [1.807, 2.05) is 18.7 Å². The van der Waals surface area contributed by atoms with Gasteiger partial charge in [0.15, 0.2) is 0 Å². The van der Waals surface area contributed by atoms with Gasteiger partial charge in [0.25, 0.3) is 0 Å². The third kappa shape index (κ3) is 3.82. The molecule has 21 heavy (non-hydrogen) atoms. The molecule has 0 bridgehead atoms. The molecule has 2 rings (SSSR count). The summed E-state index contributed by atoms with van der Waals surface area (Å²) in [5, 5.41) is 8.85. The van der Waals surface area contributed by atoms with E-state index in [2.05, 4.69) is 0 Å². The summed E-state index contributed by atoms with van der Waals surface area (Å²) in [7, 11) is 0. The van der Waals surface area contributed by atoms with Crippen molar-refractivity contribution in [3.05, 3.63) is 35.4 Å². The van der Waals surface area contributed by atoms with Crippen molar-refractivity contribution in [1.82, 2.24) is 4.90 Å². The first kappa shape index (κ1) is 15.5. The molecule has 5 nitrogen and oxygen atoms in total. The lowest BCUT2D eigenvalue weighted by atomic mass is 10.1. The Labute approximate surface area is 124 Å². The van der Waals surface area contributed by atoms with Gasteiger partial charge in [-0.25, -0.2) is 4.79 Å². The number of carboxylic acid groups (broad SMARTS) is 1. The van der Waals surface area contributed by atoms with Crippen LogP contribution in [-0.2, 0) is 16.0 Å². The van der Waals surface area contributed by atoms with E-state index in [1.54, 1.807) is 24.3 Å². The van der Waals surface area contributed by atoms with Crippen LogP contribution in [-0.4, -0.2) is 47.2 Å². The SMILES string of the molecule is C[C@H]1OCCN(C(=O)CCc2ccc(C(=O)O)cc2)[C@H]1C. The van der Waals surface area contributed by atoms with E-state index >= 15 is 0 Å². The second-order valence-corrected chi connectivity index (χ2v) is 5.41. The molecule has 0 saturated carbocycles. The number of morpholine rings is 1. The average Bonchev–Trinajstić information content (AvgIpc) is 2.48. The molecule has 0 spiro atoms. The standard InChI is InChI=1S/C16H21NO4/c1-11-12(2)21-10-9-17(11)15(18)8-5-13-3-6-14(7-4-13)16(19)20/h3-4,6-7,11-12H,5,8-10H2,1-2H3,(H,19,20)/t11-,12+/m0/s1. The van der Waals surface area contributed by atoms with Crippen LogP contribution in [0.5, 0.6) is 0 Å². The number of rotatable bonds is 4. The zero-order chi connectivity index (χ0) is 15.4. The third-order valence-corrected chi connectivity index (χ3v) is 4.03. The lowest BCUT2D eigenvalue weighted by Gasteiger charge is -2.38. The summed E-state index contributed by atoms with van der Waals surface area (Å²) in [6, 6.07) is 6.77. The van der Waals surface area contributed by atoms with Gasteiger partial charge in [0.2, 0.25) is 5.91 Å². The van der Waals surface area contributed by atoms with Gasteiger partial charge in [-0.2, -0.15) is 0 Å². The molecule has 1 saturated heterocycles. The Morgan fingerprint density at radius 2 is 1.95 bits per heavy atom. The molecule has 0 unspecified atom stereocenters. The van der Waals surface area contributed by atoms with Crippen molar-refractivity contribution >= 4 is 11.9 Å². The highest BCUT2D eigenvalue weighted by molar-refractivity contribution is 5.87. The monoisotopic (exact) mass is 291 g/mol. The van der Waals surface area contributed by atoms with Crippen molar-refractivity contribution < 1.29 is 19.4 Å². The Morgan fingerprint density at radius 3 is 2.57 bits per heavy atom. The number of carbonyl (C=O) groups is 2.